The third-order valence-corrected chi connectivity index (χ3v) is 2.09. The number of esters is 1. The van der Waals surface area contributed by atoms with Gasteiger partial charge in [-0.1, -0.05) is 48.6 Å². The molecule has 0 radical (unpaired) electrons. The van der Waals surface area contributed by atoms with E-state index in [2.05, 4.69) is 0 Å². The van der Waals surface area contributed by atoms with Gasteiger partial charge in [0.15, 0.2) is 0 Å². The van der Waals surface area contributed by atoms with Crippen molar-refractivity contribution in [2.24, 2.45) is 0 Å². The molecule has 0 spiro atoms. The Hall–Kier alpha value is -1.87. The molecule has 1 rings (SSSR count). The zero-order chi connectivity index (χ0) is 13.1. The van der Waals surface area contributed by atoms with Gasteiger partial charge in [0, 0.05) is 6.08 Å². The number of carbonyl (C=O) groups is 1. The van der Waals surface area contributed by atoms with Crippen LogP contribution in [0.2, 0.25) is 0 Å². The molecule has 0 saturated heterocycles. The Morgan fingerprint density at radius 2 is 2.00 bits per heavy atom. The lowest BCUT2D eigenvalue weighted by molar-refractivity contribution is -0.137. The smallest absolute Gasteiger partial charge is 0.330 e. The third kappa shape index (κ3) is 6.66. The van der Waals surface area contributed by atoms with Crippen LogP contribution < -0.4 is 0 Å². The van der Waals surface area contributed by atoms with Gasteiger partial charge < -0.3 is 9.47 Å². The predicted molar refractivity (Wildman–Crippen MR) is 71.0 cm³/mol. The van der Waals surface area contributed by atoms with Crippen LogP contribution in [0, 0.1) is 0 Å². The average Bonchev–Trinajstić information content (AvgIpc) is 2.39. The van der Waals surface area contributed by atoms with E-state index in [1.54, 1.807) is 19.1 Å². The van der Waals surface area contributed by atoms with E-state index in [1.807, 2.05) is 36.4 Å². The molecule has 3 heteroatoms. The first-order valence-electron chi connectivity index (χ1n) is 5.94. The molecule has 0 aliphatic carbocycles. The van der Waals surface area contributed by atoms with Gasteiger partial charge in [-0.25, -0.2) is 4.79 Å². The van der Waals surface area contributed by atoms with Gasteiger partial charge in [0.25, 0.3) is 0 Å². The first-order valence-corrected chi connectivity index (χ1v) is 5.94. The Morgan fingerprint density at radius 3 is 2.72 bits per heavy atom. The molecule has 1 aromatic carbocycles. The molecule has 1 aromatic rings. The highest BCUT2D eigenvalue weighted by Gasteiger charge is 1.90. The lowest BCUT2D eigenvalue weighted by atomic mass is 10.2. The predicted octanol–water partition coefficient (Wildman–Crippen LogP) is 2.88. The zero-order valence-corrected chi connectivity index (χ0v) is 10.5. The molecule has 0 unspecified atom stereocenters. The fourth-order valence-electron chi connectivity index (χ4n) is 1.28. The maximum Gasteiger partial charge on any atom is 0.330 e. The number of rotatable bonds is 7. The van der Waals surface area contributed by atoms with Crippen LogP contribution in [0.4, 0.5) is 0 Å². The molecule has 0 saturated carbocycles. The van der Waals surface area contributed by atoms with Crippen LogP contribution in [0.25, 0.3) is 0 Å². The van der Waals surface area contributed by atoms with Crippen LogP contribution in [0.3, 0.4) is 0 Å². The van der Waals surface area contributed by atoms with Gasteiger partial charge in [-0.2, -0.15) is 0 Å². The fourth-order valence-corrected chi connectivity index (χ4v) is 1.28. The van der Waals surface area contributed by atoms with E-state index in [0.29, 0.717) is 19.8 Å². The molecule has 96 valence electrons. The van der Waals surface area contributed by atoms with Gasteiger partial charge in [-0.3, -0.25) is 0 Å². The molecule has 0 fully saturated rings. The summed E-state index contributed by atoms with van der Waals surface area (Å²) in [5.41, 5.74) is 1.15. The van der Waals surface area contributed by atoms with Gasteiger partial charge in [0.1, 0.15) is 0 Å². The van der Waals surface area contributed by atoms with Crippen LogP contribution in [-0.2, 0) is 20.9 Å². The fraction of sp³-hybridized carbons (Fsp3) is 0.267. The van der Waals surface area contributed by atoms with E-state index in [4.69, 9.17) is 9.47 Å². The van der Waals surface area contributed by atoms with Crippen LogP contribution >= 0.6 is 0 Å². The minimum atomic E-state index is -0.327. The molecular formula is C15H18O3. The summed E-state index contributed by atoms with van der Waals surface area (Å²) in [6.07, 6.45) is 6.64. The number of ether oxygens (including phenoxy) is 2. The molecule has 0 heterocycles. The van der Waals surface area contributed by atoms with Crippen LogP contribution in [-0.4, -0.2) is 19.2 Å². The maximum atomic E-state index is 10.9. The van der Waals surface area contributed by atoms with E-state index in [9.17, 15) is 4.79 Å². The number of benzene rings is 1. The first-order chi connectivity index (χ1) is 8.83. The normalized spacial score (nSPS) is 11.2. The van der Waals surface area contributed by atoms with Crippen molar-refractivity contribution in [3.05, 3.63) is 60.2 Å². The van der Waals surface area contributed by atoms with Crippen LogP contribution in [0.15, 0.2) is 54.6 Å². The SMILES string of the molecule is CCOC(=O)/C=C\C=C\COCc1ccccc1. The largest absolute Gasteiger partial charge is 0.463 e. The van der Waals surface area contributed by atoms with Crippen molar-refractivity contribution >= 4 is 5.97 Å². The summed E-state index contributed by atoms with van der Waals surface area (Å²) < 4.78 is 10.2. The molecular weight excluding hydrogens is 228 g/mol. The minimum Gasteiger partial charge on any atom is -0.463 e. The molecule has 0 aliphatic rings. The van der Waals surface area contributed by atoms with Crippen molar-refractivity contribution in [2.75, 3.05) is 13.2 Å². The second-order valence-electron chi connectivity index (χ2n) is 3.54. The monoisotopic (exact) mass is 246 g/mol. The summed E-state index contributed by atoms with van der Waals surface area (Å²) in [5.74, 6) is -0.327. The second-order valence-corrected chi connectivity index (χ2v) is 3.54. The van der Waals surface area contributed by atoms with Crippen LogP contribution in [0.5, 0.6) is 0 Å². The number of allylic oxidation sites excluding steroid dienone is 2. The Kier molecular flexibility index (Phi) is 7.25. The number of hydrogen-bond acceptors (Lipinski definition) is 3. The van der Waals surface area contributed by atoms with E-state index in [-0.39, 0.29) is 5.97 Å². The highest BCUT2D eigenvalue weighted by atomic mass is 16.5. The molecule has 0 N–H and O–H groups in total. The third-order valence-electron chi connectivity index (χ3n) is 2.09. The van der Waals surface area contributed by atoms with Crippen molar-refractivity contribution in [1.29, 1.82) is 0 Å². The highest BCUT2D eigenvalue weighted by molar-refractivity contribution is 5.82. The van der Waals surface area contributed by atoms with Crippen LogP contribution in [0.1, 0.15) is 12.5 Å². The summed E-state index contributed by atoms with van der Waals surface area (Å²) in [7, 11) is 0. The molecule has 0 aromatic heterocycles. The molecule has 0 amide bonds. The van der Waals surface area contributed by atoms with E-state index >= 15 is 0 Å². The quantitative estimate of drug-likeness (QED) is 0.321. The van der Waals surface area contributed by atoms with Gasteiger partial charge in [-0.15, -0.1) is 0 Å². The van der Waals surface area contributed by atoms with E-state index in [1.165, 1.54) is 6.08 Å². The van der Waals surface area contributed by atoms with Gasteiger partial charge >= 0.3 is 5.97 Å². The molecule has 0 aliphatic heterocycles. The summed E-state index contributed by atoms with van der Waals surface area (Å²) in [6, 6.07) is 9.98. The van der Waals surface area contributed by atoms with Gasteiger partial charge in [0.2, 0.25) is 0 Å². The number of carbonyl (C=O) groups excluding carboxylic acids is 1. The first kappa shape index (κ1) is 14.2. The summed E-state index contributed by atoms with van der Waals surface area (Å²) in [6.45, 7) is 3.28. The second kappa shape index (κ2) is 9.19. The standard InChI is InChI=1S/C15H18O3/c1-2-18-15(16)11-7-4-8-12-17-13-14-9-5-3-6-10-14/h3-11H,2,12-13H2,1H3/b8-4+,11-7-. The molecule has 0 bridgehead atoms. The minimum absolute atomic E-state index is 0.327. The van der Waals surface area contributed by atoms with E-state index < -0.39 is 0 Å². The molecule has 18 heavy (non-hydrogen) atoms. The van der Waals surface area contributed by atoms with Crippen molar-refractivity contribution in [2.45, 2.75) is 13.5 Å². The Bertz CT molecular complexity index is 393. The lowest BCUT2D eigenvalue weighted by Crippen LogP contribution is -1.98. The summed E-state index contributed by atoms with van der Waals surface area (Å²) >= 11 is 0. The lowest BCUT2D eigenvalue weighted by Gasteiger charge is -2.00. The topological polar surface area (TPSA) is 35.5 Å². The Morgan fingerprint density at radius 1 is 1.22 bits per heavy atom. The van der Waals surface area contributed by atoms with Gasteiger partial charge in [0.05, 0.1) is 19.8 Å². The average molecular weight is 246 g/mol. The van der Waals surface area contributed by atoms with Crippen molar-refractivity contribution in [3.8, 4) is 0 Å². The molecule has 0 atom stereocenters. The van der Waals surface area contributed by atoms with Crippen molar-refractivity contribution in [1.82, 2.24) is 0 Å². The van der Waals surface area contributed by atoms with Crippen molar-refractivity contribution in [3.63, 3.8) is 0 Å². The summed E-state index contributed by atoms with van der Waals surface area (Å²) in [5, 5.41) is 0. The van der Waals surface area contributed by atoms with Crippen molar-refractivity contribution < 1.29 is 14.3 Å². The molecule has 3 nitrogen and oxygen atoms in total. The maximum absolute atomic E-state index is 10.9. The zero-order valence-electron chi connectivity index (χ0n) is 10.5. The Labute approximate surface area is 108 Å². The number of hydrogen-bond donors (Lipinski definition) is 0. The van der Waals surface area contributed by atoms with E-state index in [0.717, 1.165) is 5.56 Å². The van der Waals surface area contributed by atoms with Gasteiger partial charge in [-0.05, 0) is 12.5 Å². The highest BCUT2D eigenvalue weighted by Crippen LogP contribution is 2.00. The summed E-state index contributed by atoms with van der Waals surface area (Å²) in [4.78, 5) is 10.9. The Balaban J connectivity index is 2.12.